The number of hydrogen-bond donors (Lipinski definition) is 1. The molecule has 0 saturated heterocycles. The van der Waals surface area contributed by atoms with Crippen molar-refractivity contribution in [2.75, 3.05) is 11.9 Å². The molecule has 20 heavy (non-hydrogen) atoms. The van der Waals surface area contributed by atoms with Crippen LogP contribution in [0.4, 0.5) is 11.4 Å². The molecule has 1 saturated carbocycles. The predicted molar refractivity (Wildman–Crippen MR) is 85.1 cm³/mol. The minimum Gasteiger partial charge on any atom is -0.384 e. The van der Waals surface area contributed by atoms with Crippen molar-refractivity contribution in [2.24, 2.45) is 11.8 Å². The summed E-state index contributed by atoms with van der Waals surface area (Å²) >= 11 is 3.42. The quantitative estimate of drug-likeness (QED) is 0.626. The summed E-state index contributed by atoms with van der Waals surface area (Å²) in [4.78, 5) is 10.6. The van der Waals surface area contributed by atoms with E-state index in [2.05, 4.69) is 28.2 Å². The highest BCUT2D eigenvalue weighted by atomic mass is 79.9. The molecular weight excluding hydrogens is 320 g/mol. The number of nitro groups is 1. The molecule has 1 fully saturated rings. The first-order valence-electron chi connectivity index (χ1n) is 7.17. The molecule has 1 aromatic carbocycles. The number of nitrogens with one attached hydrogen (secondary N) is 1. The van der Waals surface area contributed by atoms with Crippen LogP contribution in [0.25, 0.3) is 0 Å². The number of hydrogen-bond acceptors (Lipinski definition) is 3. The summed E-state index contributed by atoms with van der Waals surface area (Å²) in [7, 11) is 0. The Labute approximate surface area is 128 Å². The van der Waals surface area contributed by atoms with Gasteiger partial charge in [-0.2, -0.15) is 0 Å². The number of anilines is 1. The predicted octanol–water partition coefficient (Wildman–Crippen LogP) is 4.90. The van der Waals surface area contributed by atoms with E-state index in [4.69, 9.17) is 0 Å². The van der Waals surface area contributed by atoms with Crippen LogP contribution in [0.15, 0.2) is 16.6 Å². The molecule has 1 aromatic rings. The van der Waals surface area contributed by atoms with Gasteiger partial charge in [0, 0.05) is 28.3 Å². The second-order valence-corrected chi connectivity index (χ2v) is 6.63. The van der Waals surface area contributed by atoms with Gasteiger partial charge in [0.2, 0.25) is 0 Å². The topological polar surface area (TPSA) is 55.2 Å². The molecule has 5 heteroatoms. The smallest absolute Gasteiger partial charge is 0.273 e. The third kappa shape index (κ3) is 3.51. The molecule has 0 heterocycles. The maximum absolute atomic E-state index is 10.9. The third-order valence-electron chi connectivity index (χ3n) is 4.33. The van der Waals surface area contributed by atoms with E-state index in [1.807, 2.05) is 6.07 Å². The van der Waals surface area contributed by atoms with Gasteiger partial charge in [0.25, 0.3) is 5.69 Å². The molecule has 2 atom stereocenters. The molecule has 0 aromatic heterocycles. The first-order chi connectivity index (χ1) is 9.49. The molecule has 2 rings (SSSR count). The van der Waals surface area contributed by atoms with Gasteiger partial charge in [-0.15, -0.1) is 0 Å². The highest BCUT2D eigenvalue weighted by Gasteiger charge is 2.21. The number of halogens is 1. The zero-order valence-corrected chi connectivity index (χ0v) is 13.6. The van der Waals surface area contributed by atoms with E-state index >= 15 is 0 Å². The molecule has 0 amide bonds. The number of nitro benzene ring substituents is 1. The lowest BCUT2D eigenvalue weighted by Crippen LogP contribution is -2.24. The molecule has 0 spiro atoms. The fraction of sp³-hybridized carbons (Fsp3) is 0.600. The second kappa shape index (κ2) is 6.57. The van der Waals surface area contributed by atoms with Crippen LogP contribution in [-0.2, 0) is 0 Å². The monoisotopic (exact) mass is 340 g/mol. The minimum absolute atomic E-state index is 0.161. The van der Waals surface area contributed by atoms with Crippen molar-refractivity contribution in [1.29, 1.82) is 0 Å². The standard InChI is InChI=1S/C15H21BrN2O2/c1-10-5-3-4-6-12(10)9-17-14-7-11(2)15(18(19)20)8-13(14)16/h7-8,10,12,17H,3-6,9H2,1-2H3. The van der Waals surface area contributed by atoms with Crippen molar-refractivity contribution in [2.45, 2.75) is 39.5 Å². The van der Waals surface area contributed by atoms with Crippen molar-refractivity contribution < 1.29 is 4.92 Å². The van der Waals surface area contributed by atoms with Crippen molar-refractivity contribution in [3.05, 3.63) is 32.3 Å². The van der Waals surface area contributed by atoms with Gasteiger partial charge in [-0.05, 0) is 47.2 Å². The van der Waals surface area contributed by atoms with Gasteiger partial charge >= 0.3 is 0 Å². The van der Waals surface area contributed by atoms with Crippen LogP contribution < -0.4 is 5.32 Å². The molecule has 2 unspecified atom stereocenters. The summed E-state index contributed by atoms with van der Waals surface area (Å²) < 4.78 is 0.762. The van der Waals surface area contributed by atoms with Crippen LogP contribution in [0.5, 0.6) is 0 Å². The molecule has 1 N–H and O–H groups in total. The molecule has 1 aliphatic rings. The number of aryl methyl sites for hydroxylation is 1. The zero-order chi connectivity index (χ0) is 14.7. The Morgan fingerprint density at radius 3 is 2.75 bits per heavy atom. The Morgan fingerprint density at radius 1 is 1.40 bits per heavy atom. The first kappa shape index (κ1) is 15.3. The minimum atomic E-state index is -0.340. The van der Waals surface area contributed by atoms with E-state index in [-0.39, 0.29) is 10.6 Å². The maximum Gasteiger partial charge on any atom is 0.273 e. The van der Waals surface area contributed by atoms with E-state index in [0.717, 1.165) is 22.6 Å². The summed E-state index contributed by atoms with van der Waals surface area (Å²) in [5.41, 5.74) is 1.80. The van der Waals surface area contributed by atoms with Gasteiger partial charge in [-0.1, -0.05) is 26.2 Å². The van der Waals surface area contributed by atoms with E-state index in [1.165, 1.54) is 25.7 Å². The fourth-order valence-electron chi connectivity index (χ4n) is 2.94. The van der Waals surface area contributed by atoms with Crippen molar-refractivity contribution in [3.8, 4) is 0 Å². The van der Waals surface area contributed by atoms with Gasteiger partial charge in [0.1, 0.15) is 0 Å². The Kier molecular flexibility index (Phi) is 5.02. The van der Waals surface area contributed by atoms with E-state index < -0.39 is 0 Å². The summed E-state index contributed by atoms with van der Waals surface area (Å²) in [6.07, 6.45) is 5.25. The van der Waals surface area contributed by atoms with Crippen LogP contribution in [0.1, 0.15) is 38.2 Å². The Hall–Kier alpha value is -1.10. The molecule has 4 nitrogen and oxygen atoms in total. The molecular formula is C15H21BrN2O2. The Balaban J connectivity index is 2.06. The van der Waals surface area contributed by atoms with Gasteiger partial charge < -0.3 is 5.32 Å². The van der Waals surface area contributed by atoms with Crippen LogP contribution in [-0.4, -0.2) is 11.5 Å². The first-order valence-corrected chi connectivity index (χ1v) is 7.96. The molecule has 0 aliphatic heterocycles. The molecule has 110 valence electrons. The number of nitrogens with zero attached hydrogens (tertiary/aromatic N) is 1. The van der Waals surface area contributed by atoms with E-state index in [0.29, 0.717) is 11.5 Å². The van der Waals surface area contributed by atoms with Crippen molar-refractivity contribution in [1.82, 2.24) is 0 Å². The van der Waals surface area contributed by atoms with Gasteiger partial charge in [-0.25, -0.2) is 0 Å². The Morgan fingerprint density at radius 2 is 2.10 bits per heavy atom. The van der Waals surface area contributed by atoms with Crippen LogP contribution in [0.2, 0.25) is 0 Å². The lowest BCUT2D eigenvalue weighted by atomic mass is 9.80. The fourth-order valence-corrected chi connectivity index (χ4v) is 3.41. The van der Waals surface area contributed by atoms with Crippen molar-refractivity contribution >= 4 is 27.3 Å². The van der Waals surface area contributed by atoms with E-state index in [1.54, 1.807) is 13.0 Å². The zero-order valence-electron chi connectivity index (χ0n) is 12.0. The third-order valence-corrected chi connectivity index (χ3v) is 4.98. The number of rotatable bonds is 4. The van der Waals surface area contributed by atoms with Crippen LogP contribution in [0, 0.1) is 28.9 Å². The maximum atomic E-state index is 10.9. The van der Waals surface area contributed by atoms with Gasteiger partial charge in [0.05, 0.1) is 4.92 Å². The van der Waals surface area contributed by atoms with Crippen LogP contribution in [0.3, 0.4) is 0 Å². The van der Waals surface area contributed by atoms with E-state index in [9.17, 15) is 10.1 Å². The highest BCUT2D eigenvalue weighted by Crippen LogP contribution is 2.33. The highest BCUT2D eigenvalue weighted by molar-refractivity contribution is 9.10. The van der Waals surface area contributed by atoms with Crippen molar-refractivity contribution in [3.63, 3.8) is 0 Å². The normalized spacial score (nSPS) is 22.6. The second-order valence-electron chi connectivity index (χ2n) is 5.78. The SMILES string of the molecule is Cc1cc(NCC2CCCCC2C)c(Br)cc1[N+](=O)[O-]. The largest absolute Gasteiger partial charge is 0.384 e. The number of benzene rings is 1. The molecule has 0 bridgehead atoms. The summed E-state index contributed by atoms with van der Waals surface area (Å²) in [5.74, 6) is 1.46. The summed E-state index contributed by atoms with van der Waals surface area (Å²) in [5, 5.41) is 14.3. The average Bonchev–Trinajstić information content (AvgIpc) is 2.40. The average molecular weight is 341 g/mol. The lowest BCUT2D eigenvalue weighted by Gasteiger charge is -2.29. The van der Waals surface area contributed by atoms with Crippen LogP contribution >= 0.6 is 15.9 Å². The summed E-state index contributed by atoms with van der Waals surface area (Å²) in [6, 6.07) is 3.44. The van der Waals surface area contributed by atoms with Gasteiger partial charge in [-0.3, -0.25) is 10.1 Å². The Bertz CT molecular complexity index is 505. The lowest BCUT2D eigenvalue weighted by molar-refractivity contribution is -0.385. The van der Waals surface area contributed by atoms with Gasteiger partial charge in [0.15, 0.2) is 0 Å². The molecule has 1 aliphatic carbocycles. The molecule has 0 radical (unpaired) electrons. The summed E-state index contributed by atoms with van der Waals surface area (Å²) in [6.45, 7) is 5.04.